The first-order valence-corrected chi connectivity index (χ1v) is 4.29. The van der Waals surface area contributed by atoms with E-state index in [0.717, 1.165) is 0 Å². The highest BCUT2D eigenvalue weighted by atomic mass is 15.6. The van der Waals surface area contributed by atoms with E-state index in [4.69, 9.17) is 0 Å². The summed E-state index contributed by atoms with van der Waals surface area (Å²) < 4.78 is 0. The lowest BCUT2D eigenvalue weighted by molar-refractivity contribution is 0.162. The molecule has 0 saturated carbocycles. The maximum Gasteiger partial charge on any atom is 0.0753 e. The van der Waals surface area contributed by atoms with E-state index in [-0.39, 0.29) is 11.1 Å². The summed E-state index contributed by atoms with van der Waals surface area (Å²) in [6, 6.07) is 0. The summed E-state index contributed by atoms with van der Waals surface area (Å²) in [6.07, 6.45) is 0. The molecule has 0 aromatic carbocycles. The molecule has 3 heteroatoms. The highest BCUT2D eigenvalue weighted by molar-refractivity contribution is 4.71. The first kappa shape index (κ1) is 11.4. The minimum absolute atomic E-state index is 0.0503. The van der Waals surface area contributed by atoms with Gasteiger partial charge in [0.2, 0.25) is 0 Å². The van der Waals surface area contributed by atoms with Crippen LogP contribution in [-0.4, -0.2) is 23.1 Å². The SMILES string of the molecule is CN(/N=N\C(C)(C)C)C(C)(C)C. The summed E-state index contributed by atoms with van der Waals surface area (Å²) in [5.41, 5.74) is -0.0335. The lowest BCUT2D eigenvalue weighted by Gasteiger charge is -2.28. The Hall–Kier alpha value is -0.600. The molecule has 72 valence electrons. The van der Waals surface area contributed by atoms with Crippen LogP contribution in [-0.2, 0) is 0 Å². The number of hydrogen-bond acceptors (Lipinski definition) is 2. The van der Waals surface area contributed by atoms with E-state index in [1.807, 2.05) is 32.8 Å². The van der Waals surface area contributed by atoms with Crippen LogP contribution in [0, 0.1) is 0 Å². The van der Waals surface area contributed by atoms with Crippen LogP contribution in [0.4, 0.5) is 0 Å². The summed E-state index contributed by atoms with van der Waals surface area (Å²) in [6.45, 7) is 12.4. The zero-order chi connectivity index (χ0) is 9.99. The molecular weight excluding hydrogens is 150 g/mol. The fraction of sp³-hybridized carbons (Fsp3) is 1.00. The molecule has 3 nitrogen and oxygen atoms in total. The van der Waals surface area contributed by atoms with Crippen molar-refractivity contribution in [2.24, 2.45) is 10.3 Å². The van der Waals surface area contributed by atoms with Gasteiger partial charge in [-0.3, -0.25) is 5.01 Å². The van der Waals surface area contributed by atoms with Gasteiger partial charge < -0.3 is 0 Å². The molecule has 12 heavy (non-hydrogen) atoms. The van der Waals surface area contributed by atoms with Gasteiger partial charge in [-0.25, -0.2) is 0 Å². The molecule has 0 aromatic heterocycles. The first-order valence-electron chi connectivity index (χ1n) is 4.29. The molecule has 0 spiro atoms. The minimum atomic E-state index is -0.0838. The van der Waals surface area contributed by atoms with Crippen LogP contribution in [0.2, 0.25) is 0 Å². The van der Waals surface area contributed by atoms with Crippen molar-refractivity contribution in [1.29, 1.82) is 0 Å². The Morgan fingerprint density at radius 3 is 1.58 bits per heavy atom. The molecule has 0 bridgehead atoms. The largest absolute Gasteiger partial charge is 0.277 e. The highest BCUT2D eigenvalue weighted by Gasteiger charge is 2.16. The van der Waals surface area contributed by atoms with Crippen LogP contribution in [0.25, 0.3) is 0 Å². The Morgan fingerprint density at radius 1 is 0.917 bits per heavy atom. The van der Waals surface area contributed by atoms with E-state index in [0.29, 0.717) is 0 Å². The van der Waals surface area contributed by atoms with Gasteiger partial charge in [0.05, 0.1) is 11.1 Å². The molecule has 0 aliphatic carbocycles. The van der Waals surface area contributed by atoms with E-state index in [9.17, 15) is 0 Å². The number of nitrogens with zero attached hydrogens (tertiary/aromatic N) is 3. The molecule has 0 amide bonds. The fourth-order valence-corrected chi connectivity index (χ4v) is 0.335. The van der Waals surface area contributed by atoms with E-state index in [2.05, 4.69) is 31.1 Å². The van der Waals surface area contributed by atoms with Crippen molar-refractivity contribution in [3.63, 3.8) is 0 Å². The van der Waals surface area contributed by atoms with Crippen molar-refractivity contribution in [2.45, 2.75) is 52.6 Å². The minimum Gasteiger partial charge on any atom is -0.277 e. The third kappa shape index (κ3) is 5.10. The summed E-state index contributed by atoms with van der Waals surface area (Å²) in [7, 11) is 1.94. The molecular formula is C9H21N3. The van der Waals surface area contributed by atoms with Crippen LogP contribution < -0.4 is 0 Å². The molecule has 0 aromatic rings. The molecule has 0 fully saturated rings. The van der Waals surface area contributed by atoms with Gasteiger partial charge in [-0.2, -0.15) is 5.11 Å². The van der Waals surface area contributed by atoms with Crippen LogP contribution in [0.15, 0.2) is 10.3 Å². The monoisotopic (exact) mass is 171 g/mol. The zero-order valence-electron chi connectivity index (χ0n) is 9.34. The molecule has 0 unspecified atom stereocenters. The number of hydrogen-bond donors (Lipinski definition) is 0. The lowest BCUT2D eigenvalue weighted by atomic mass is 10.1. The third-order valence-electron chi connectivity index (χ3n) is 1.45. The van der Waals surface area contributed by atoms with Crippen molar-refractivity contribution < 1.29 is 0 Å². The van der Waals surface area contributed by atoms with Crippen molar-refractivity contribution in [3.8, 4) is 0 Å². The van der Waals surface area contributed by atoms with Crippen molar-refractivity contribution in [1.82, 2.24) is 5.01 Å². The number of rotatable bonds is 1. The van der Waals surface area contributed by atoms with Gasteiger partial charge in [0.15, 0.2) is 0 Å². The van der Waals surface area contributed by atoms with Crippen LogP contribution in [0.1, 0.15) is 41.5 Å². The molecule has 0 aliphatic heterocycles. The normalized spacial score (nSPS) is 13.9. The van der Waals surface area contributed by atoms with Gasteiger partial charge in [0, 0.05) is 7.05 Å². The second-order valence-electron chi connectivity index (χ2n) is 5.05. The predicted octanol–water partition coefficient (Wildman–Crippen LogP) is 2.88. The van der Waals surface area contributed by atoms with Crippen LogP contribution in [0.5, 0.6) is 0 Å². The van der Waals surface area contributed by atoms with Gasteiger partial charge >= 0.3 is 0 Å². The van der Waals surface area contributed by atoms with Gasteiger partial charge in [-0.05, 0) is 41.5 Å². The fourth-order valence-electron chi connectivity index (χ4n) is 0.335. The maximum atomic E-state index is 4.17. The average Bonchev–Trinajstić information content (AvgIpc) is 1.78. The predicted molar refractivity (Wildman–Crippen MR) is 52.1 cm³/mol. The molecule has 0 radical (unpaired) electrons. The van der Waals surface area contributed by atoms with Gasteiger partial charge in [0.1, 0.15) is 0 Å². The first-order chi connectivity index (χ1) is 5.13. The van der Waals surface area contributed by atoms with Gasteiger partial charge in [0.25, 0.3) is 0 Å². The molecule has 0 heterocycles. The van der Waals surface area contributed by atoms with E-state index in [1.54, 1.807) is 0 Å². The average molecular weight is 171 g/mol. The second kappa shape index (κ2) is 3.42. The Balaban J connectivity index is 4.19. The van der Waals surface area contributed by atoms with Crippen LogP contribution >= 0.6 is 0 Å². The van der Waals surface area contributed by atoms with Gasteiger partial charge in [-0.15, -0.1) is 0 Å². The molecule has 0 saturated heterocycles. The summed E-state index contributed by atoms with van der Waals surface area (Å²) in [5, 5.41) is 10.2. The van der Waals surface area contributed by atoms with E-state index >= 15 is 0 Å². The van der Waals surface area contributed by atoms with E-state index in [1.165, 1.54) is 0 Å². The Kier molecular flexibility index (Phi) is 3.25. The maximum absolute atomic E-state index is 4.17. The highest BCUT2D eigenvalue weighted by Crippen LogP contribution is 2.14. The van der Waals surface area contributed by atoms with Crippen molar-refractivity contribution in [3.05, 3.63) is 0 Å². The topological polar surface area (TPSA) is 28.0 Å². The lowest BCUT2D eigenvalue weighted by Crippen LogP contribution is -2.33. The Labute approximate surface area is 75.8 Å². The van der Waals surface area contributed by atoms with E-state index < -0.39 is 0 Å². The Bertz CT molecular complexity index is 160. The smallest absolute Gasteiger partial charge is 0.0753 e. The zero-order valence-corrected chi connectivity index (χ0v) is 9.34. The molecule has 0 rings (SSSR count). The summed E-state index contributed by atoms with van der Waals surface area (Å²) >= 11 is 0. The molecule has 0 aliphatic rings. The summed E-state index contributed by atoms with van der Waals surface area (Å²) in [4.78, 5) is 0. The molecule has 0 N–H and O–H groups in total. The standard InChI is InChI=1S/C9H21N3/c1-8(2,3)10-11-12(7)9(4,5)6/h1-7H3/b11-10-. The van der Waals surface area contributed by atoms with Crippen molar-refractivity contribution >= 4 is 0 Å². The Morgan fingerprint density at radius 2 is 1.33 bits per heavy atom. The van der Waals surface area contributed by atoms with Gasteiger partial charge in [-0.1, -0.05) is 5.22 Å². The third-order valence-corrected chi connectivity index (χ3v) is 1.45. The summed E-state index contributed by atoms with van der Waals surface area (Å²) in [5.74, 6) is 0. The second-order valence-corrected chi connectivity index (χ2v) is 5.05. The molecule has 0 atom stereocenters. The quantitative estimate of drug-likeness (QED) is 0.440. The van der Waals surface area contributed by atoms with Crippen LogP contribution in [0.3, 0.4) is 0 Å². The van der Waals surface area contributed by atoms with Crippen molar-refractivity contribution in [2.75, 3.05) is 7.05 Å².